The van der Waals surface area contributed by atoms with E-state index in [-0.39, 0.29) is 34.5 Å². The van der Waals surface area contributed by atoms with E-state index in [2.05, 4.69) is 36.1 Å². The van der Waals surface area contributed by atoms with E-state index >= 15 is 0 Å². The average Bonchev–Trinajstić information content (AvgIpc) is 2.97. The number of rotatable bonds is 13. The monoisotopic (exact) mass is 682 g/mol. The molecule has 0 fully saturated rings. The molecule has 0 aliphatic heterocycles. The minimum Gasteiger partial charge on any atom is -0.342 e. The van der Waals surface area contributed by atoms with Crippen LogP contribution < -0.4 is 15.4 Å². The van der Waals surface area contributed by atoms with E-state index in [1.165, 1.54) is 11.8 Å². The van der Waals surface area contributed by atoms with Crippen molar-refractivity contribution in [2.24, 2.45) is 11.3 Å². The molecule has 0 radical (unpaired) electrons. The third-order valence-corrected chi connectivity index (χ3v) is 10.1. The summed E-state index contributed by atoms with van der Waals surface area (Å²) in [7, 11) is -0.616. The Morgan fingerprint density at radius 3 is 1.83 bits per heavy atom. The lowest BCUT2D eigenvalue weighted by Crippen LogP contribution is -2.61. The van der Waals surface area contributed by atoms with Gasteiger partial charge in [-0.25, -0.2) is 13.1 Å². The molecule has 2 rings (SSSR count). The van der Waals surface area contributed by atoms with Crippen LogP contribution in [0.1, 0.15) is 92.9 Å². The maximum Gasteiger partial charge on any atom is 0.260 e. The van der Waals surface area contributed by atoms with Crippen molar-refractivity contribution < 1.29 is 22.8 Å². The van der Waals surface area contributed by atoms with Gasteiger partial charge in [0.25, 0.3) is 5.91 Å². The molecular formula is C38H58N4O5S. The fourth-order valence-corrected chi connectivity index (χ4v) is 6.89. The van der Waals surface area contributed by atoms with Crippen molar-refractivity contribution in [3.63, 3.8) is 0 Å². The van der Waals surface area contributed by atoms with Crippen LogP contribution in [-0.4, -0.2) is 63.3 Å². The molecule has 0 bridgehead atoms. The zero-order chi connectivity index (χ0) is 36.8. The second-order valence-electron chi connectivity index (χ2n) is 15.8. The molecule has 3 unspecified atom stereocenters. The molecule has 0 spiro atoms. The molecule has 0 heterocycles. The van der Waals surface area contributed by atoms with E-state index in [1.54, 1.807) is 32.3 Å². The first-order chi connectivity index (χ1) is 21.9. The summed E-state index contributed by atoms with van der Waals surface area (Å²) in [6.07, 6.45) is 1.61. The van der Waals surface area contributed by atoms with E-state index in [0.717, 1.165) is 11.1 Å². The van der Waals surface area contributed by atoms with Crippen molar-refractivity contribution in [3.8, 4) is 0 Å². The normalized spacial score (nSPS) is 15.0. The Labute approximate surface area is 289 Å². The van der Waals surface area contributed by atoms with Crippen molar-refractivity contribution >= 4 is 27.7 Å². The van der Waals surface area contributed by atoms with Crippen molar-refractivity contribution in [1.29, 1.82) is 0 Å². The number of amides is 3. The van der Waals surface area contributed by atoms with Crippen LogP contribution in [0.25, 0.3) is 0 Å². The van der Waals surface area contributed by atoms with Crippen molar-refractivity contribution in [2.45, 2.75) is 111 Å². The first-order valence-corrected chi connectivity index (χ1v) is 18.2. The highest BCUT2D eigenvalue weighted by atomic mass is 32.2. The highest BCUT2D eigenvalue weighted by Gasteiger charge is 2.41. The molecule has 266 valence electrons. The predicted molar refractivity (Wildman–Crippen MR) is 195 cm³/mol. The highest BCUT2D eigenvalue weighted by molar-refractivity contribution is 7.89. The summed E-state index contributed by atoms with van der Waals surface area (Å²) in [6, 6.07) is 15.0. The summed E-state index contributed by atoms with van der Waals surface area (Å²) in [6.45, 7) is 21.2. The van der Waals surface area contributed by atoms with Crippen LogP contribution in [0.15, 0.2) is 66.2 Å². The van der Waals surface area contributed by atoms with E-state index < -0.39 is 44.9 Å². The molecule has 0 aliphatic carbocycles. The fourth-order valence-electron chi connectivity index (χ4n) is 5.74. The Balaban J connectivity index is 2.27. The van der Waals surface area contributed by atoms with Gasteiger partial charge in [-0.05, 0) is 47.4 Å². The highest BCUT2D eigenvalue weighted by Crippen LogP contribution is 2.29. The van der Waals surface area contributed by atoms with Crippen LogP contribution in [0.5, 0.6) is 0 Å². The first kappa shape index (κ1) is 40.7. The summed E-state index contributed by atoms with van der Waals surface area (Å²) in [5, 5.41) is 6.18. The second kappa shape index (κ2) is 15.8. The molecule has 0 aromatic heterocycles. The Kier molecular flexibility index (Phi) is 13.4. The number of nitrogens with one attached hydrogen (secondary N) is 3. The number of benzene rings is 2. The fraction of sp³-hybridized carbons (Fsp3) is 0.553. The van der Waals surface area contributed by atoms with Crippen LogP contribution in [0.4, 0.5) is 0 Å². The maximum atomic E-state index is 14.1. The van der Waals surface area contributed by atoms with Crippen LogP contribution in [0.3, 0.4) is 0 Å². The van der Waals surface area contributed by atoms with Crippen LogP contribution in [0, 0.1) is 11.3 Å². The Morgan fingerprint density at radius 2 is 1.38 bits per heavy atom. The standard InChI is InChI=1S/C38H58N4O5S/c1-25(2)30(23-26(3)33(43)41-48(46,47)24-27-19-21-28(22-20-27)36(4,5)6)42(13)35(45)32(37(7,8)9)40-34(44)31(39-12)38(10,11)29-17-15-14-16-18-29/h14-23,25,30-32,39H,24H2,1-13H3,(H,40,44)(H,41,43). The largest absolute Gasteiger partial charge is 0.342 e. The zero-order valence-electron chi connectivity index (χ0n) is 31.2. The van der Waals surface area contributed by atoms with E-state index in [0.29, 0.717) is 5.56 Å². The number of nitrogens with zero attached hydrogens (tertiary/aromatic N) is 1. The Bertz CT molecular complexity index is 1550. The van der Waals surface area contributed by atoms with Gasteiger partial charge < -0.3 is 15.5 Å². The molecule has 48 heavy (non-hydrogen) atoms. The molecular weight excluding hydrogens is 625 g/mol. The summed E-state index contributed by atoms with van der Waals surface area (Å²) in [5.41, 5.74) is 1.50. The molecule has 9 nitrogen and oxygen atoms in total. The number of sulfonamides is 1. The number of likely N-dealkylation sites (N-methyl/N-ethyl adjacent to an activating group) is 2. The number of hydrogen-bond donors (Lipinski definition) is 3. The zero-order valence-corrected chi connectivity index (χ0v) is 32.0. The quantitative estimate of drug-likeness (QED) is 0.241. The van der Waals surface area contributed by atoms with Gasteiger partial charge in [-0.15, -0.1) is 0 Å². The van der Waals surface area contributed by atoms with Gasteiger partial charge in [-0.1, -0.05) is 130 Å². The molecule has 0 saturated carbocycles. The molecule has 10 heteroatoms. The van der Waals surface area contributed by atoms with Gasteiger partial charge in [0.2, 0.25) is 21.8 Å². The van der Waals surface area contributed by atoms with Crippen LogP contribution in [-0.2, 0) is 41.0 Å². The van der Waals surface area contributed by atoms with Gasteiger partial charge >= 0.3 is 0 Å². The molecule has 2 aromatic carbocycles. The van der Waals surface area contributed by atoms with Gasteiger partial charge in [0.1, 0.15) is 6.04 Å². The van der Waals surface area contributed by atoms with E-state index in [4.69, 9.17) is 0 Å². The topological polar surface area (TPSA) is 125 Å². The molecule has 2 aromatic rings. The smallest absolute Gasteiger partial charge is 0.260 e. The molecule has 3 amide bonds. The average molecular weight is 683 g/mol. The lowest BCUT2D eigenvalue weighted by Gasteiger charge is -2.40. The van der Waals surface area contributed by atoms with E-state index in [1.807, 2.05) is 90.9 Å². The number of hydrogen-bond acceptors (Lipinski definition) is 6. The third kappa shape index (κ3) is 10.8. The summed E-state index contributed by atoms with van der Waals surface area (Å²) in [4.78, 5) is 42.6. The Morgan fingerprint density at radius 1 is 0.833 bits per heavy atom. The summed E-state index contributed by atoms with van der Waals surface area (Å²) < 4.78 is 28.0. The minimum atomic E-state index is -3.98. The summed E-state index contributed by atoms with van der Waals surface area (Å²) >= 11 is 0. The molecule has 0 aliphatic rings. The van der Waals surface area contributed by atoms with Crippen molar-refractivity contribution in [3.05, 3.63) is 82.9 Å². The summed E-state index contributed by atoms with van der Waals surface area (Å²) in [5.74, 6) is -1.85. The first-order valence-electron chi connectivity index (χ1n) is 16.5. The third-order valence-electron chi connectivity index (χ3n) is 8.87. The number of carbonyl (C=O) groups excluding carboxylic acids is 3. The number of carbonyl (C=O) groups is 3. The Hall–Kier alpha value is -3.50. The van der Waals surface area contributed by atoms with Crippen LogP contribution in [0.2, 0.25) is 0 Å². The maximum absolute atomic E-state index is 14.1. The van der Waals surface area contributed by atoms with Crippen LogP contribution >= 0.6 is 0 Å². The van der Waals surface area contributed by atoms with Crippen molar-refractivity contribution in [2.75, 3.05) is 14.1 Å². The van der Waals surface area contributed by atoms with Gasteiger partial charge in [0.05, 0.1) is 17.8 Å². The molecule has 0 saturated heterocycles. The van der Waals surface area contributed by atoms with Crippen molar-refractivity contribution in [1.82, 2.24) is 20.3 Å². The van der Waals surface area contributed by atoms with E-state index in [9.17, 15) is 22.8 Å². The second-order valence-corrected chi connectivity index (χ2v) is 17.5. The lowest BCUT2D eigenvalue weighted by atomic mass is 9.76. The van der Waals surface area contributed by atoms with Gasteiger partial charge in [-0.3, -0.25) is 14.4 Å². The van der Waals surface area contributed by atoms with Gasteiger partial charge in [0.15, 0.2) is 0 Å². The lowest BCUT2D eigenvalue weighted by molar-refractivity contribution is -0.140. The van der Waals surface area contributed by atoms with Gasteiger partial charge in [-0.2, -0.15) is 0 Å². The predicted octanol–water partition coefficient (Wildman–Crippen LogP) is 5.46. The molecule has 3 atom stereocenters. The SMILES string of the molecule is CNC(C(=O)NC(C(=O)N(C)C(C=C(C)C(=O)NS(=O)(=O)Cc1ccc(C(C)(C)C)cc1)C(C)C)C(C)(C)C)C(C)(C)c1ccccc1. The molecule has 3 N–H and O–H groups in total. The van der Waals surface area contributed by atoms with Gasteiger partial charge in [0, 0.05) is 18.0 Å². The minimum absolute atomic E-state index is 0.0675.